The van der Waals surface area contributed by atoms with Crippen LogP contribution in [0.5, 0.6) is 5.75 Å². The van der Waals surface area contributed by atoms with Crippen LogP contribution >= 0.6 is 0 Å². The van der Waals surface area contributed by atoms with Crippen LogP contribution in [0.4, 0.5) is 0 Å². The van der Waals surface area contributed by atoms with Crippen molar-refractivity contribution in [1.82, 2.24) is 0 Å². The molecule has 0 aliphatic rings. The molecule has 1 unspecified atom stereocenters. The van der Waals surface area contributed by atoms with Crippen molar-refractivity contribution in [3.8, 4) is 5.75 Å². The monoisotopic (exact) mass is 257 g/mol. The molecule has 0 aliphatic heterocycles. The number of primary amides is 1. The van der Waals surface area contributed by atoms with Crippen molar-refractivity contribution in [2.75, 3.05) is 6.26 Å². The number of rotatable bonds is 5. The summed E-state index contributed by atoms with van der Waals surface area (Å²) >= 11 is 0. The van der Waals surface area contributed by atoms with Crippen LogP contribution in [0.1, 0.15) is 13.3 Å². The fraction of sp³-hybridized carbons (Fsp3) is 0.364. The lowest BCUT2D eigenvalue weighted by Gasteiger charge is -2.14. The Kier molecular flexibility index (Phi) is 4.11. The molecule has 0 fully saturated rings. The summed E-state index contributed by atoms with van der Waals surface area (Å²) in [6.07, 6.45) is 0.892. The highest BCUT2D eigenvalue weighted by molar-refractivity contribution is 7.90. The van der Waals surface area contributed by atoms with Crippen molar-refractivity contribution in [2.24, 2.45) is 5.73 Å². The Morgan fingerprint density at radius 3 is 2.24 bits per heavy atom. The highest BCUT2D eigenvalue weighted by Gasteiger charge is 2.15. The predicted octanol–water partition coefficient (Wildman–Crippen LogP) is 0.733. The number of hydrogen-bond donors (Lipinski definition) is 1. The van der Waals surface area contributed by atoms with Crippen LogP contribution in [-0.4, -0.2) is 26.7 Å². The molecule has 17 heavy (non-hydrogen) atoms. The lowest BCUT2D eigenvalue weighted by atomic mass is 10.2. The van der Waals surface area contributed by atoms with Gasteiger partial charge in [-0.05, 0) is 30.7 Å². The second-order valence-electron chi connectivity index (χ2n) is 3.66. The minimum Gasteiger partial charge on any atom is -0.481 e. The molecule has 0 bridgehead atoms. The molecule has 0 heterocycles. The number of nitrogens with two attached hydrogens (primary N) is 1. The zero-order valence-corrected chi connectivity index (χ0v) is 10.5. The van der Waals surface area contributed by atoms with Gasteiger partial charge in [0, 0.05) is 6.26 Å². The second kappa shape index (κ2) is 5.18. The van der Waals surface area contributed by atoms with E-state index in [1.54, 1.807) is 6.92 Å². The van der Waals surface area contributed by atoms with Gasteiger partial charge < -0.3 is 10.5 Å². The summed E-state index contributed by atoms with van der Waals surface area (Å²) in [6.45, 7) is 1.78. The van der Waals surface area contributed by atoms with E-state index in [9.17, 15) is 13.2 Å². The first-order valence-electron chi connectivity index (χ1n) is 5.10. The Labute approximate surface area is 100 Å². The first kappa shape index (κ1) is 13.5. The quantitative estimate of drug-likeness (QED) is 0.842. The van der Waals surface area contributed by atoms with Crippen LogP contribution in [0, 0.1) is 0 Å². The lowest BCUT2D eigenvalue weighted by Crippen LogP contribution is -2.32. The van der Waals surface area contributed by atoms with E-state index in [1.807, 2.05) is 0 Å². The van der Waals surface area contributed by atoms with Crippen LogP contribution in [0.3, 0.4) is 0 Å². The van der Waals surface area contributed by atoms with Crippen molar-refractivity contribution in [2.45, 2.75) is 24.3 Å². The summed E-state index contributed by atoms with van der Waals surface area (Å²) in [5.41, 5.74) is 5.13. The zero-order valence-electron chi connectivity index (χ0n) is 9.71. The number of ether oxygens (including phenoxy) is 1. The van der Waals surface area contributed by atoms with Gasteiger partial charge in [-0.2, -0.15) is 0 Å². The average molecular weight is 257 g/mol. The molecule has 5 nitrogen and oxygen atoms in total. The summed E-state index contributed by atoms with van der Waals surface area (Å²) in [7, 11) is -3.22. The summed E-state index contributed by atoms with van der Waals surface area (Å²) < 4.78 is 27.8. The molecule has 94 valence electrons. The third kappa shape index (κ3) is 3.74. The van der Waals surface area contributed by atoms with Crippen LogP contribution in [0.25, 0.3) is 0 Å². The van der Waals surface area contributed by atoms with E-state index in [4.69, 9.17) is 10.5 Å². The maximum Gasteiger partial charge on any atom is 0.258 e. The Morgan fingerprint density at radius 2 is 1.88 bits per heavy atom. The molecule has 0 aromatic heterocycles. The van der Waals surface area contributed by atoms with Crippen LogP contribution in [0.2, 0.25) is 0 Å². The molecule has 1 aromatic carbocycles. The molecule has 1 aromatic rings. The minimum absolute atomic E-state index is 0.206. The average Bonchev–Trinajstić information content (AvgIpc) is 2.25. The standard InChI is InChI=1S/C11H15NO4S/c1-3-10(11(12)13)16-8-4-6-9(7-5-8)17(2,14)15/h4-7,10H,3H2,1-2H3,(H2,12,13). The smallest absolute Gasteiger partial charge is 0.258 e. The summed E-state index contributed by atoms with van der Waals surface area (Å²) in [4.78, 5) is 11.2. The highest BCUT2D eigenvalue weighted by Crippen LogP contribution is 2.17. The van der Waals surface area contributed by atoms with Crippen molar-refractivity contribution in [3.63, 3.8) is 0 Å². The van der Waals surface area contributed by atoms with Gasteiger partial charge in [-0.1, -0.05) is 6.92 Å². The van der Waals surface area contributed by atoms with E-state index in [0.717, 1.165) is 6.26 Å². The van der Waals surface area contributed by atoms with Gasteiger partial charge in [0.05, 0.1) is 4.90 Å². The molecular weight excluding hydrogens is 242 g/mol. The summed E-state index contributed by atoms with van der Waals surface area (Å²) in [6, 6.07) is 5.86. The lowest BCUT2D eigenvalue weighted by molar-refractivity contribution is -0.124. The Morgan fingerprint density at radius 1 is 1.35 bits per heavy atom. The van der Waals surface area contributed by atoms with Crippen molar-refractivity contribution in [3.05, 3.63) is 24.3 Å². The normalized spacial score (nSPS) is 13.1. The first-order chi connectivity index (χ1) is 7.84. The van der Waals surface area contributed by atoms with Crippen LogP contribution in [-0.2, 0) is 14.6 Å². The number of carbonyl (C=O) groups excluding carboxylic acids is 1. The Hall–Kier alpha value is -1.56. The summed E-state index contributed by atoms with van der Waals surface area (Å²) in [5, 5.41) is 0. The van der Waals surface area contributed by atoms with Crippen LogP contribution in [0.15, 0.2) is 29.2 Å². The fourth-order valence-electron chi connectivity index (χ4n) is 1.27. The molecule has 1 amide bonds. The van der Waals surface area contributed by atoms with Gasteiger partial charge in [-0.25, -0.2) is 8.42 Å². The first-order valence-corrected chi connectivity index (χ1v) is 7.00. The molecule has 1 rings (SSSR count). The Balaban J connectivity index is 2.85. The van der Waals surface area contributed by atoms with Gasteiger partial charge in [0.2, 0.25) is 0 Å². The third-order valence-electron chi connectivity index (χ3n) is 2.22. The van der Waals surface area contributed by atoms with E-state index in [1.165, 1.54) is 24.3 Å². The second-order valence-corrected chi connectivity index (χ2v) is 5.68. The van der Waals surface area contributed by atoms with Gasteiger partial charge in [0.25, 0.3) is 5.91 Å². The van der Waals surface area contributed by atoms with E-state index in [2.05, 4.69) is 0 Å². The highest BCUT2D eigenvalue weighted by atomic mass is 32.2. The molecule has 1 atom stereocenters. The maximum atomic E-state index is 11.2. The number of carbonyl (C=O) groups is 1. The molecule has 0 saturated heterocycles. The summed E-state index contributed by atoms with van der Waals surface area (Å²) in [5.74, 6) is -0.122. The number of amides is 1. The van der Waals surface area contributed by atoms with E-state index < -0.39 is 21.8 Å². The maximum absolute atomic E-state index is 11.2. The number of benzene rings is 1. The molecule has 6 heteroatoms. The van der Waals surface area contributed by atoms with Gasteiger partial charge in [-0.15, -0.1) is 0 Å². The predicted molar refractivity (Wildman–Crippen MR) is 63.5 cm³/mol. The minimum atomic E-state index is -3.22. The van der Waals surface area contributed by atoms with Gasteiger partial charge >= 0.3 is 0 Å². The van der Waals surface area contributed by atoms with Gasteiger partial charge in [0.15, 0.2) is 15.9 Å². The zero-order chi connectivity index (χ0) is 13.1. The third-order valence-corrected chi connectivity index (χ3v) is 3.35. The number of hydrogen-bond acceptors (Lipinski definition) is 4. The van der Waals surface area contributed by atoms with Crippen molar-refractivity contribution in [1.29, 1.82) is 0 Å². The van der Waals surface area contributed by atoms with Crippen molar-refractivity contribution >= 4 is 15.7 Å². The number of sulfone groups is 1. The molecule has 0 saturated carbocycles. The molecule has 0 spiro atoms. The van der Waals surface area contributed by atoms with Gasteiger partial charge in [-0.3, -0.25) is 4.79 Å². The Bertz CT molecular complexity index is 493. The topological polar surface area (TPSA) is 86.5 Å². The van der Waals surface area contributed by atoms with Crippen molar-refractivity contribution < 1.29 is 17.9 Å². The largest absolute Gasteiger partial charge is 0.481 e. The van der Waals surface area contributed by atoms with Crippen LogP contribution < -0.4 is 10.5 Å². The SMILES string of the molecule is CCC(Oc1ccc(S(C)(=O)=O)cc1)C(N)=O. The van der Waals surface area contributed by atoms with E-state index >= 15 is 0 Å². The van der Waals surface area contributed by atoms with Gasteiger partial charge in [0.1, 0.15) is 5.75 Å². The van der Waals surface area contributed by atoms with E-state index in [-0.39, 0.29) is 4.90 Å². The molecule has 0 radical (unpaired) electrons. The molecule has 0 aliphatic carbocycles. The molecular formula is C11H15NO4S. The molecule has 2 N–H and O–H groups in total. The van der Waals surface area contributed by atoms with E-state index in [0.29, 0.717) is 12.2 Å². The fourth-order valence-corrected chi connectivity index (χ4v) is 1.90.